The molecule has 0 amide bonds. The number of aryl methyl sites for hydroxylation is 2. The number of hydrogen-bond acceptors (Lipinski definition) is 3. The van der Waals surface area contributed by atoms with Crippen LogP contribution in [0.15, 0.2) is 16.6 Å². The molecule has 0 spiro atoms. The summed E-state index contributed by atoms with van der Waals surface area (Å²) in [6.07, 6.45) is 0.367. The van der Waals surface area contributed by atoms with Gasteiger partial charge in [0.25, 0.3) is 0 Å². The smallest absolute Gasteiger partial charge is 0.307 e. The van der Waals surface area contributed by atoms with Crippen LogP contribution < -0.4 is 5.32 Å². The minimum atomic E-state index is -0.197. The molecule has 3 nitrogen and oxygen atoms in total. The number of carbonyl (C=O) groups excluding carboxylic acids is 1. The van der Waals surface area contributed by atoms with Gasteiger partial charge in [-0.05, 0) is 44.0 Å². The first kappa shape index (κ1) is 14.0. The van der Waals surface area contributed by atoms with Gasteiger partial charge in [0.1, 0.15) is 0 Å². The van der Waals surface area contributed by atoms with Crippen LogP contribution in [0.3, 0.4) is 0 Å². The molecule has 0 bridgehead atoms. The Morgan fingerprint density at radius 1 is 1.41 bits per heavy atom. The van der Waals surface area contributed by atoms with Gasteiger partial charge in [0.05, 0.1) is 13.5 Å². The van der Waals surface area contributed by atoms with Gasteiger partial charge >= 0.3 is 5.97 Å². The fourth-order valence-corrected chi connectivity index (χ4v) is 2.46. The highest BCUT2D eigenvalue weighted by Crippen LogP contribution is 2.25. The molecule has 0 aliphatic rings. The lowest BCUT2D eigenvalue weighted by Crippen LogP contribution is -2.21. The molecule has 1 N–H and O–H groups in total. The van der Waals surface area contributed by atoms with Gasteiger partial charge in [0, 0.05) is 16.2 Å². The van der Waals surface area contributed by atoms with Crippen LogP contribution in [0.25, 0.3) is 0 Å². The van der Waals surface area contributed by atoms with Gasteiger partial charge in [-0.2, -0.15) is 0 Å². The number of hydrogen-bond donors (Lipinski definition) is 1. The van der Waals surface area contributed by atoms with Crippen LogP contribution in [-0.4, -0.2) is 19.1 Å². The molecule has 0 heterocycles. The minimum absolute atomic E-state index is 0.0565. The van der Waals surface area contributed by atoms with Gasteiger partial charge < -0.3 is 10.1 Å². The molecule has 0 aliphatic heterocycles. The van der Waals surface area contributed by atoms with E-state index in [0.717, 1.165) is 21.3 Å². The highest BCUT2D eigenvalue weighted by molar-refractivity contribution is 9.10. The van der Waals surface area contributed by atoms with E-state index in [1.54, 1.807) is 0 Å². The number of halogens is 1. The van der Waals surface area contributed by atoms with Crippen LogP contribution in [0.2, 0.25) is 0 Å². The fraction of sp³-hybridized carbons (Fsp3) is 0.462. The summed E-state index contributed by atoms with van der Waals surface area (Å²) in [4.78, 5) is 11.2. The van der Waals surface area contributed by atoms with E-state index in [-0.39, 0.29) is 12.0 Å². The minimum Gasteiger partial charge on any atom is -0.469 e. The van der Waals surface area contributed by atoms with E-state index < -0.39 is 0 Å². The Kier molecular flexibility index (Phi) is 5.00. The molecule has 94 valence electrons. The summed E-state index contributed by atoms with van der Waals surface area (Å²) in [5, 5.41) is 3.35. The van der Waals surface area contributed by atoms with Crippen molar-refractivity contribution < 1.29 is 9.53 Å². The molecule has 0 radical (unpaired) electrons. The van der Waals surface area contributed by atoms with Crippen molar-refractivity contribution in [1.29, 1.82) is 0 Å². The summed E-state index contributed by atoms with van der Waals surface area (Å²) >= 11 is 3.46. The number of methoxy groups -OCH3 is 1. The maximum Gasteiger partial charge on any atom is 0.307 e. The van der Waals surface area contributed by atoms with Gasteiger partial charge in [-0.1, -0.05) is 15.9 Å². The molecule has 1 atom stereocenters. The van der Waals surface area contributed by atoms with Crippen molar-refractivity contribution in [3.05, 3.63) is 27.7 Å². The second-order valence-corrected chi connectivity index (χ2v) is 5.16. The van der Waals surface area contributed by atoms with Crippen molar-refractivity contribution in [1.82, 2.24) is 0 Å². The predicted octanol–water partition coefficient (Wildman–Crippen LogP) is 3.43. The van der Waals surface area contributed by atoms with E-state index in [0.29, 0.717) is 6.42 Å². The number of carbonyl (C=O) groups is 1. The first-order chi connectivity index (χ1) is 7.93. The first-order valence-corrected chi connectivity index (χ1v) is 6.33. The van der Waals surface area contributed by atoms with E-state index in [4.69, 9.17) is 0 Å². The van der Waals surface area contributed by atoms with Crippen molar-refractivity contribution >= 4 is 27.6 Å². The van der Waals surface area contributed by atoms with E-state index >= 15 is 0 Å². The van der Waals surface area contributed by atoms with Crippen LogP contribution in [0.1, 0.15) is 24.5 Å². The number of esters is 1. The zero-order valence-electron chi connectivity index (χ0n) is 10.6. The molecule has 0 fully saturated rings. The second kappa shape index (κ2) is 6.05. The standard InChI is InChI=1S/C13H18BrNO2/c1-8-5-11(14)6-9(2)13(8)15-10(3)7-12(16)17-4/h5-6,10,15H,7H2,1-4H3. The summed E-state index contributed by atoms with van der Waals surface area (Å²) in [5.74, 6) is -0.197. The van der Waals surface area contributed by atoms with E-state index in [2.05, 4.69) is 38.1 Å². The fourth-order valence-electron chi connectivity index (χ4n) is 1.77. The maximum atomic E-state index is 11.2. The number of benzene rings is 1. The maximum absolute atomic E-state index is 11.2. The molecule has 0 saturated carbocycles. The zero-order valence-corrected chi connectivity index (χ0v) is 12.2. The summed E-state index contributed by atoms with van der Waals surface area (Å²) in [6.45, 7) is 6.06. The van der Waals surface area contributed by atoms with Crippen molar-refractivity contribution in [2.75, 3.05) is 12.4 Å². The van der Waals surface area contributed by atoms with Crippen molar-refractivity contribution in [3.63, 3.8) is 0 Å². The highest BCUT2D eigenvalue weighted by atomic mass is 79.9. The number of anilines is 1. The highest BCUT2D eigenvalue weighted by Gasteiger charge is 2.11. The lowest BCUT2D eigenvalue weighted by Gasteiger charge is -2.18. The normalized spacial score (nSPS) is 12.1. The Morgan fingerprint density at radius 3 is 2.41 bits per heavy atom. The van der Waals surface area contributed by atoms with Crippen LogP contribution in [0.5, 0.6) is 0 Å². The van der Waals surface area contributed by atoms with Crippen LogP contribution in [0.4, 0.5) is 5.69 Å². The Balaban J connectivity index is 2.78. The predicted molar refractivity (Wildman–Crippen MR) is 73.3 cm³/mol. The van der Waals surface area contributed by atoms with Crippen molar-refractivity contribution in [2.24, 2.45) is 0 Å². The Morgan fingerprint density at radius 2 is 1.94 bits per heavy atom. The Labute approximate surface area is 111 Å². The van der Waals surface area contributed by atoms with Gasteiger partial charge in [0.2, 0.25) is 0 Å². The largest absolute Gasteiger partial charge is 0.469 e. The molecule has 1 unspecified atom stereocenters. The molecular weight excluding hydrogens is 282 g/mol. The molecule has 1 rings (SSSR count). The van der Waals surface area contributed by atoms with E-state index in [9.17, 15) is 4.79 Å². The molecule has 4 heteroatoms. The Bertz CT molecular complexity index is 395. The van der Waals surface area contributed by atoms with E-state index in [1.165, 1.54) is 7.11 Å². The molecule has 0 aliphatic carbocycles. The molecule has 0 saturated heterocycles. The number of ether oxygens (including phenoxy) is 1. The average Bonchev–Trinajstić information content (AvgIpc) is 2.23. The van der Waals surface area contributed by atoms with Crippen LogP contribution in [-0.2, 0) is 9.53 Å². The average molecular weight is 300 g/mol. The van der Waals surface area contributed by atoms with Gasteiger partial charge in [0.15, 0.2) is 0 Å². The summed E-state index contributed by atoms with van der Waals surface area (Å²) < 4.78 is 5.72. The van der Waals surface area contributed by atoms with Gasteiger partial charge in [-0.3, -0.25) is 4.79 Å². The summed E-state index contributed by atoms with van der Waals surface area (Å²) in [6, 6.07) is 4.17. The van der Waals surface area contributed by atoms with Crippen molar-refractivity contribution in [3.8, 4) is 0 Å². The van der Waals surface area contributed by atoms with Crippen LogP contribution >= 0.6 is 15.9 Å². The zero-order chi connectivity index (χ0) is 13.0. The second-order valence-electron chi connectivity index (χ2n) is 4.24. The molecule has 0 aromatic heterocycles. The van der Waals surface area contributed by atoms with Crippen LogP contribution in [0, 0.1) is 13.8 Å². The monoisotopic (exact) mass is 299 g/mol. The lowest BCUT2D eigenvalue weighted by atomic mass is 10.1. The SMILES string of the molecule is COC(=O)CC(C)Nc1c(C)cc(Br)cc1C. The number of rotatable bonds is 4. The molecular formula is C13H18BrNO2. The first-order valence-electron chi connectivity index (χ1n) is 5.54. The third-order valence-electron chi connectivity index (χ3n) is 2.59. The van der Waals surface area contributed by atoms with Gasteiger partial charge in [-0.25, -0.2) is 0 Å². The quantitative estimate of drug-likeness (QED) is 0.866. The Hall–Kier alpha value is -1.03. The lowest BCUT2D eigenvalue weighted by molar-refractivity contribution is -0.140. The third kappa shape index (κ3) is 4.04. The number of nitrogens with one attached hydrogen (secondary N) is 1. The van der Waals surface area contributed by atoms with Gasteiger partial charge in [-0.15, -0.1) is 0 Å². The molecule has 1 aromatic carbocycles. The van der Waals surface area contributed by atoms with E-state index in [1.807, 2.05) is 20.8 Å². The summed E-state index contributed by atoms with van der Waals surface area (Å²) in [7, 11) is 1.41. The molecule has 17 heavy (non-hydrogen) atoms. The molecule has 1 aromatic rings. The topological polar surface area (TPSA) is 38.3 Å². The van der Waals surface area contributed by atoms with Crippen molar-refractivity contribution in [2.45, 2.75) is 33.2 Å². The third-order valence-corrected chi connectivity index (χ3v) is 3.05. The summed E-state index contributed by atoms with van der Waals surface area (Å²) in [5.41, 5.74) is 3.41.